The Labute approximate surface area is 101 Å². The van der Waals surface area contributed by atoms with Gasteiger partial charge in [-0.15, -0.1) is 0 Å². The third kappa shape index (κ3) is 2.91. The summed E-state index contributed by atoms with van der Waals surface area (Å²) in [4.78, 5) is 29.2. The SMILES string of the molecule is COC(=O)c1nc(CC(C)C)c(Br)c(=O)[nH]1. The van der Waals surface area contributed by atoms with Gasteiger partial charge in [-0.25, -0.2) is 9.78 Å². The number of methoxy groups -OCH3 is 1. The molecule has 88 valence electrons. The number of nitrogens with zero attached hydrogens (tertiary/aromatic N) is 1. The number of nitrogens with one attached hydrogen (secondary N) is 1. The summed E-state index contributed by atoms with van der Waals surface area (Å²) in [5, 5.41) is 0. The molecule has 0 atom stereocenters. The highest BCUT2D eigenvalue weighted by atomic mass is 79.9. The minimum absolute atomic E-state index is 0.0636. The fourth-order valence-corrected chi connectivity index (χ4v) is 1.57. The zero-order valence-electron chi connectivity index (χ0n) is 9.33. The van der Waals surface area contributed by atoms with Crippen LogP contribution in [-0.2, 0) is 11.2 Å². The Morgan fingerprint density at radius 1 is 1.56 bits per heavy atom. The van der Waals surface area contributed by atoms with Crippen LogP contribution in [0.1, 0.15) is 30.2 Å². The molecule has 0 unspecified atom stereocenters. The molecule has 0 spiro atoms. The van der Waals surface area contributed by atoms with Crippen molar-refractivity contribution in [2.45, 2.75) is 20.3 Å². The van der Waals surface area contributed by atoms with Crippen molar-refractivity contribution >= 4 is 21.9 Å². The molecular weight excluding hydrogens is 276 g/mol. The van der Waals surface area contributed by atoms with Crippen LogP contribution in [0.25, 0.3) is 0 Å². The highest BCUT2D eigenvalue weighted by Crippen LogP contribution is 2.13. The lowest BCUT2D eigenvalue weighted by molar-refractivity contribution is 0.0585. The third-order valence-corrected chi connectivity index (χ3v) is 2.73. The second kappa shape index (κ2) is 5.25. The molecule has 1 aromatic heterocycles. The molecule has 1 aromatic rings. The largest absolute Gasteiger partial charge is 0.463 e. The molecule has 0 radical (unpaired) electrons. The predicted octanol–water partition coefficient (Wildman–Crippen LogP) is 1.52. The molecule has 0 bridgehead atoms. The molecule has 0 aliphatic rings. The van der Waals surface area contributed by atoms with Crippen LogP contribution in [0, 0.1) is 5.92 Å². The molecule has 0 aliphatic carbocycles. The van der Waals surface area contributed by atoms with Gasteiger partial charge in [-0.1, -0.05) is 13.8 Å². The van der Waals surface area contributed by atoms with Crippen LogP contribution in [-0.4, -0.2) is 23.0 Å². The van der Waals surface area contributed by atoms with Gasteiger partial charge in [0.05, 0.1) is 12.8 Å². The van der Waals surface area contributed by atoms with E-state index in [-0.39, 0.29) is 11.4 Å². The summed E-state index contributed by atoms with van der Waals surface area (Å²) in [5.74, 6) is -0.364. The van der Waals surface area contributed by atoms with E-state index in [4.69, 9.17) is 0 Å². The van der Waals surface area contributed by atoms with Gasteiger partial charge >= 0.3 is 5.97 Å². The summed E-state index contributed by atoms with van der Waals surface area (Å²) in [6.45, 7) is 4.01. The van der Waals surface area contributed by atoms with E-state index in [9.17, 15) is 9.59 Å². The van der Waals surface area contributed by atoms with Crippen molar-refractivity contribution in [3.05, 3.63) is 26.3 Å². The second-order valence-electron chi connectivity index (χ2n) is 3.76. The molecule has 1 heterocycles. The maximum Gasteiger partial charge on any atom is 0.374 e. The molecule has 1 N–H and O–H groups in total. The summed E-state index contributed by atoms with van der Waals surface area (Å²) in [5.41, 5.74) is 0.199. The summed E-state index contributed by atoms with van der Waals surface area (Å²) >= 11 is 3.16. The summed E-state index contributed by atoms with van der Waals surface area (Å²) < 4.78 is 4.87. The van der Waals surface area contributed by atoms with E-state index in [0.717, 1.165) is 0 Å². The molecule has 0 aromatic carbocycles. The van der Waals surface area contributed by atoms with Crippen LogP contribution in [0.15, 0.2) is 9.27 Å². The molecule has 0 amide bonds. The van der Waals surface area contributed by atoms with Crippen LogP contribution in [0.5, 0.6) is 0 Å². The zero-order valence-corrected chi connectivity index (χ0v) is 10.9. The van der Waals surface area contributed by atoms with Gasteiger partial charge in [0.2, 0.25) is 5.82 Å². The van der Waals surface area contributed by atoms with Gasteiger partial charge in [-0.3, -0.25) is 9.78 Å². The predicted molar refractivity (Wildman–Crippen MR) is 62.4 cm³/mol. The quantitative estimate of drug-likeness (QED) is 0.856. The number of H-pyrrole nitrogens is 1. The fourth-order valence-electron chi connectivity index (χ4n) is 1.22. The minimum atomic E-state index is -0.644. The van der Waals surface area contributed by atoms with Crippen LogP contribution < -0.4 is 5.56 Å². The lowest BCUT2D eigenvalue weighted by atomic mass is 10.1. The van der Waals surface area contributed by atoms with Gasteiger partial charge in [0.15, 0.2) is 0 Å². The van der Waals surface area contributed by atoms with E-state index in [0.29, 0.717) is 22.5 Å². The Morgan fingerprint density at radius 3 is 2.69 bits per heavy atom. The molecule has 0 saturated carbocycles. The molecule has 1 rings (SSSR count). The molecule has 0 aliphatic heterocycles. The Kier molecular flexibility index (Phi) is 4.23. The second-order valence-corrected chi connectivity index (χ2v) is 4.56. The maximum atomic E-state index is 11.5. The van der Waals surface area contributed by atoms with E-state index in [1.165, 1.54) is 7.11 Å². The number of ether oxygens (including phenoxy) is 1. The molecule has 6 heteroatoms. The van der Waals surface area contributed by atoms with Gasteiger partial charge < -0.3 is 4.74 Å². The third-order valence-electron chi connectivity index (χ3n) is 1.91. The smallest absolute Gasteiger partial charge is 0.374 e. The van der Waals surface area contributed by atoms with Crippen molar-refractivity contribution in [3.63, 3.8) is 0 Å². The maximum absolute atomic E-state index is 11.5. The number of hydrogen-bond donors (Lipinski definition) is 1. The van der Waals surface area contributed by atoms with Crippen molar-refractivity contribution in [1.29, 1.82) is 0 Å². The Balaban J connectivity index is 3.22. The minimum Gasteiger partial charge on any atom is -0.463 e. The number of carbonyl (C=O) groups is 1. The summed E-state index contributed by atoms with van der Waals surface area (Å²) in [7, 11) is 1.24. The molecule has 5 nitrogen and oxygen atoms in total. The van der Waals surface area contributed by atoms with Crippen LogP contribution >= 0.6 is 15.9 Å². The monoisotopic (exact) mass is 288 g/mol. The standard InChI is InChI=1S/C10H13BrN2O3/c1-5(2)4-6-7(11)9(14)13-8(12-6)10(15)16-3/h5H,4H2,1-3H3,(H,12,13,14). The Morgan fingerprint density at radius 2 is 2.19 bits per heavy atom. The topological polar surface area (TPSA) is 72.0 Å². The lowest BCUT2D eigenvalue weighted by Gasteiger charge is -2.07. The zero-order chi connectivity index (χ0) is 12.3. The van der Waals surface area contributed by atoms with Crippen molar-refractivity contribution < 1.29 is 9.53 Å². The van der Waals surface area contributed by atoms with Crippen molar-refractivity contribution in [2.24, 2.45) is 5.92 Å². The first-order valence-electron chi connectivity index (χ1n) is 4.82. The average Bonchev–Trinajstić information content (AvgIpc) is 2.22. The summed E-state index contributed by atoms with van der Waals surface area (Å²) in [6, 6.07) is 0. The van der Waals surface area contributed by atoms with E-state index < -0.39 is 5.97 Å². The highest BCUT2D eigenvalue weighted by molar-refractivity contribution is 9.10. The van der Waals surface area contributed by atoms with Gasteiger partial charge in [0.25, 0.3) is 5.56 Å². The van der Waals surface area contributed by atoms with Gasteiger partial charge in [0.1, 0.15) is 4.47 Å². The average molecular weight is 289 g/mol. The number of carbonyl (C=O) groups excluding carboxylic acids is 1. The van der Waals surface area contributed by atoms with Crippen molar-refractivity contribution in [3.8, 4) is 0 Å². The van der Waals surface area contributed by atoms with Crippen molar-refractivity contribution in [2.75, 3.05) is 7.11 Å². The van der Waals surface area contributed by atoms with Gasteiger partial charge in [0, 0.05) is 0 Å². The van der Waals surface area contributed by atoms with Crippen molar-refractivity contribution in [1.82, 2.24) is 9.97 Å². The van der Waals surface area contributed by atoms with Crippen LogP contribution in [0.4, 0.5) is 0 Å². The number of rotatable bonds is 3. The van der Waals surface area contributed by atoms with Crippen LogP contribution in [0.2, 0.25) is 0 Å². The first kappa shape index (κ1) is 12.9. The van der Waals surface area contributed by atoms with Crippen LogP contribution in [0.3, 0.4) is 0 Å². The number of halogens is 1. The molecular formula is C10H13BrN2O3. The number of aromatic amines is 1. The lowest BCUT2D eigenvalue weighted by Crippen LogP contribution is -2.20. The number of esters is 1. The molecule has 16 heavy (non-hydrogen) atoms. The van der Waals surface area contributed by atoms with E-state index in [1.807, 2.05) is 13.8 Å². The van der Waals surface area contributed by atoms with E-state index >= 15 is 0 Å². The van der Waals surface area contributed by atoms with Gasteiger partial charge in [-0.05, 0) is 28.3 Å². The number of hydrogen-bond acceptors (Lipinski definition) is 4. The molecule has 0 saturated heterocycles. The first-order chi connectivity index (χ1) is 7.45. The van der Waals surface area contributed by atoms with E-state index in [1.54, 1.807) is 0 Å². The normalized spacial score (nSPS) is 10.6. The summed E-state index contributed by atoms with van der Waals surface area (Å²) in [6.07, 6.45) is 0.620. The fraction of sp³-hybridized carbons (Fsp3) is 0.500. The van der Waals surface area contributed by atoms with E-state index in [2.05, 4.69) is 30.6 Å². The van der Waals surface area contributed by atoms with Gasteiger partial charge in [-0.2, -0.15) is 0 Å². The highest BCUT2D eigenvalue weighted by Gasteiger charge is 2.15. The first-order valence-corrected chi connectivity index (χ1v) is 5.62. The Hall–Kier alpha value is -1.17. The molecule has 0 fully saturated rings. The number of aromatic nitrogens is 2. The Bertz CT molecular complexity index is 454.